The van der Waals surface area contributed by atoms with Gasteiger partial charge in [0.25, 0.3) is 5.69 Å². The van der Waals surface area contributed by atoms with Crippen LogP contribution in [0, 0.1) is 10.1 Å². The van der Waals surface area contributed by atoms with Crippen molar-refractivity contribution >= 4 is 22.7 Å². The minimum Gasteiger partial charge on any atom is -0.497 e. The maximum absolute atomic E-state index is 10.9. The van der Waals surface area contributed by atoms with E-state index in [9.17, 15) is 15.2 Å². The van der Waals surface area contributed by atoms with Crippen LogP contribution in [0.5, 0.6) is 5.75 Å². The topological polar surface area (TPSA) is 75.8 Å². The summed E-state index contributed by atoms with van der Waals surface area (Å²) < 4.78 is 5.21. The van der Waals surface area contributed by atoms with Crippen LogP contribution in [0.3, 0.4) is 0 Å². The number of anilines is 3. The third-order valence-corrected chi connectivity index (χ3v) is 4.03. The molecule has 0 unspecified atom stereocenters. The van der Waals surface area contributed by atoms with Crippen molar-refractivity contribution in [2.45, 2.75) is 6.61 Å². The molecule has 6 nitrogen and oxygen atoms in total. The summed E-state index contributed by atoms with van der Waals surface area (Å²) in [5.74, 6) is 0.744. The second-order valence-corrected chi connectivity index (χ2v) is 5.63. The lowest BCUT2D eigenvalue weighted by molar-refractivity contribution is -0.384. The van der Waals surface area contributed by atoms with Crippen LogP contribution < -0.4 is 9.64 Å². The molecule has 0 radical (unpaired) electrons. The number of aliphatic hydroxyl groups excluding tert-OH is 1. The Balaban J connectivity index is 2.06. The van der Waals surface area contributed by atoms with E-state index < -0.39 is 4.92 Å². The fraction of sp³-hybridized carbons (Fsp3) is 0.100. The maximum atomic E-state index is 10.9. The lowest BCUT2D eigenvalue weighted by Gasteiger charge is -2.25. The van der Waals surface area contributed by atoms with Gasteiger partial charge in [-0.1, -0.05) is 12.1 Å². The van der Waals surface area contributed by atoms with E-state index in [0.29, 0.717) is 0 Å². The van der Waals surface area contributed by atoms with Gasteiger partial charge in [-0.25, -0.2) is 0 Å². The van der Waals surface area contributed by atoms with Gasteiger partial charge in [-0.3, -0.25) is 10.1 Å². The van der Waals surface area contributed by atoms with E-state index in [4.69, 9.17) is 4.74 Å². The Labute approximate surface area is 151 Å². The lowest BCUT2D eigenvalue weighted by Crippen LogP contribution is -2.10. The summed E-state index contributed by atoms with van der Waals surface area (Å²) in [5, 5.41) is 20.2. The van der Waals surface area contributed by atoms with Gasteiger partial charge in [0, 0.05) is 29.2 Å². The van der Waals surface area contributed by atoms with Crippen LogP contribution in [-0.2, 0) is 6.61 Å². The molecular weight excluding hydrogens is 332 g/mol. The molecule has 0 aliphatic rings. The van der Waals surface area contributed by atoms with E-state index in [1.807, 2.05) is 53.4 Å². The average Bonchev–Trinajstić information content (AvgIpc) is 2.69. The molecular formula is C20H18N2O4. The van der Waals surface area contributed by atoms with E-state index >= 15 is 0 Å². The minimum atomic E-state index is -0.419. The van der Waals surface area contributed by atoms with Crippen LogP contribution in [0.25, 0.3) is 0 Å². The highest BCUT2D eigenvalue weighted by atomic mass is 16.6. The zero-order valence-corrected chi connectivity index (χ0v) is 14.2. The first-order valence-corrected chi connectivity index (χ1v) is 8.01. The predicted molar refractivity (Wildman–Crippen MR) is 100 cm³/mol. The summed E-state index contributed by atoms with van der Waals surface area (Å²) in [4.78, 5) is 12.5. The van der Waals surface area contributed by atoms with Gasteiger partial charge in [0.15, 0.2) is 0 Å². The Kier molecular flexibility index (Phi) is 5.15. The summed E-state index contributed by atoms with van der Waals surface area (Å²) in [6.07, 6.45) is 0. The first-order valence-electron chi connectivity index (χ1n) is 8.01. The molecule has 3 aromatic carbocycles. The molecule has 0 aromatic heterocycles. The second kappa shape index (κ2) is 7.67. The van der Waals surface area contributed by atoms with E-state index in [1.165, 1.54) is 12.1 Å². The number of hydrogen-bond acceptors (Lipinski definition) is 5. The van der Waals surface area contributed by atoms with E-state index in [1.54, 1.807) is 19.2 Å². The fourth-order valence-corrected chi connectivity index (χ4v) is 2.65. The molecule has 1 N–H and O–H groups in total. The number of hydrogen-bond donors (Lipinski definition) is 1. The highest BCUT2D eigenvalue weighted by molar-refractivity contribution is 5.77. The molecule has 0 fully saturated rings. The van der Waals surface area contributed by atoms with Crippen LogP contribution in [0.4, 0.5) is 22.7 Å². The van der Waals surface area contributed by atoms with Crippen molar-refractivity contribution < 1.29 is 14.8 Å². The summed E-state index contributed by atoms with van der Waals surface area (Å²) in [5.41, 5.74) is 3.40. The van der Waals surface area contributed by atoms with Crippen molar-refractivity contribution in [1.82, 2.24) is 0 Å². The number of non-ortho nitro benzene ring substituents is 1. The van der Waals surface area contributed by atoms with E-state index in [2.05, 4.69) is 0 Å². The van der Waals surface area contributed by atoms with Crippen molar-refractivity contribution in [2.75, 3.05) is 12.0 Å². The summed E-state index contributed by atoms with van der Waals surface area (Å²) in [6, 6.07) is 21.4. The van der Waals surface area contributed by atoms with Gasteiger partial charge in [-0.05, 0) is 54.1 Å². The van der Waals surface area contributed by atoms with Crippen LogP contribution in [0.15, 0.2) is 72.8 Å². The number of nitro benzene ring substituents is 1. The minimum absolute atomic E-state index is 0.0274. The van der Waals surface area contributed by atoms with Gasteiger partial charge in [-0.2, -0.15) is 0 Å². The number of methoxy groups -OCH3 is 1. The molecule has 0 atom stereocenters. The smallest absolute Gasteiger partial charge is 0.269 e. The molecule has 0 amide bonds. The van der Waals surface area contributed by atoms with Crippen LogP contribution in [-0.4, -0.2) is 17.1 Å². The monoisotopic (exact) mass is 350 g/mol. The zero-order valence-electron chi connectivity index (χ0n) is 14.2. The summed E-state index contributed by atoms with van der Waals surface area (Å²) >= 11 is 0. The average molecular weight is 350 g/mol. The lowest BCUT2D eigenvalue weighted by atomic mass is 10.1. The fourth-order valence-electron chi connectivity index (χ4n) is 2.65. The Morgan fingerprint density at radius 1 is 0.885 bits per heavy atom. The molecule has 0 saturated carbocycles. The quantitative estimate of drug-likeness (QED) is 0.521. The van der Waals surface area contributed by atoms with Gasteiger partial charge in [-0.15, -0.1) is 0 Å². The van der Waals surface area contributed by atoms with Gasteiger partial charge >= 0.3 is 0 Å². The number of nitro groups is 1. The number of aliphatic hydroxyl groups is 1. The first-order chi connectivity index (χ1) is 12.6. The van der Waals surface area contributed by atoms with Gasteiger partial charge < -0.3 is 14.7 Å². The second-order valence-electron chi connectivity index (χ2n) is 5.63. The van der Waals surface area contributed by atoms with Crippen molar-refractivity contribution in [3.8, 4) is 5.75 Å². The van der Waals surface area contributed by atoms with Crippen molar-refractivity contribution in [3.05, 3.63) is 88.5 Å². The number of ether oxygens (including phenoxy) is 1. The molecule has 0 spiro atoms. The normalized spacial score (nSPS) is 10.4. The molecule has 0 saturated heterocycles. The maximum Gasteiger partial charge on any atom is 0.269 e. The molecule has 3 rings (SSSR count). The van der Waals surface area contributed by atoms with Gasteiger partial charge in [0.05, 0.1) is 18.6 Å². The third kappa shape index (κ3) is 3.65. The van der Waals surface area contributed by atoms with Crippen LogP contribution in [0.1, 0.15) is 5.56 Å². The van der Waals surface area contributed by atoms with E-state index in [-0.39, 0.29) is 12.3 Å². The zero-order chi connectivity index (χ0) is 18.5. The molecule has 0 aliphatic carbocycles. The third-order valence-electron chi connectivity index (χ3n) is 4.03. The predicted octanol–water partition coefficient (Wildman–Crippen LogP) is 4.57. The first kappa shape index (κ1) is 17.4. The molecule has 26 heavy (non-hydrogen) atoms. The molecule has 3 aromatic rings. The number of rotatable bonds is 6. The molecule has 6 heteroatoms. The van der Waals surface area contributed by atoms with Crippen LogP contribution in [0.2, 0.25) is 0 Å². The Morgan fingerprint density at radius 3 is 1.77 bits per heavy atom. The standard InChI is InChI=1S/C20H18N2O4/c1-26-20-12-10-18(11-13-20)21(16-4-2-15(14-23)3-5-16)17-6-8-19(9-7-17)22(24)25/h2-13,23H,14H2,1H3. The van der Waals surface area contributed by atoms with Gasteiger partial charge in [0.1, 0.15) is 5.75 Å². The highest BCUT2D eigenvalue weighted by Gasteiger charge is 2.14. The van der Waals surface area contributed by atoms with Crippen molar-refractivity contribution in [2.24, 2.45) is 0 Å². The number of nitrogens with zero attached hydrogens (tertiary/aromatic N) is 2. The van der Waals surface area contributed by atoms with Crippen LogP contribution >= 0.6 is 0 Å². The SMILES string of the molecule is COc1ccc(N(c2ccc(CO)cc2)c2ccc([N+](=O)[O-])cc2)cc1. The number of benzene rings is 3. The molecule has 0 heterocycles. The van der Waals surface area contributed by atoms with Gasteiger partial charge in [0.2, 0.25) is 0 Å². The Bertz CT molecular complexity index is 828. The van der Waals surface area contributed by atoms with Crippen molar-refractivity contribution in [1.29, 1.82) is 0 Å². The highest BCUT2D eigenvalue weighted by Crippen LogP contribution is 2.36. The van der Waals surface area contributed by atoms with E-state index in [0.717, 1.165) is 28.4 Å². The molecule has 132 valence electrons. The molecule has 0 aliphatic heterocycles. The summed E-state index contributed by atoms with van der Waals surface area (Å²) in [7, 11) is 1.61. The molecule has 0 bridgehead atoms. The largest absolute Gasteiger partial charge is 0.497 e. The van der Waals surface area contributed by atoms with Crippen molar-refractivity contribution in [3.63, 3.8) is 0 Å². The Hall–Kier alpha value is -3.38. The Morgan fingerprint density at radius 2 is 1.35 bits per heavy atom. The summed E-state index contributed by atoms with van der Waals surface area (Å²) in [6.45, 7) is -0.0274.